The Hall–Kier alpha value is -1.43. The predicted octanol–water partition coefficient (Wildman–Crippen LogP) is 1.05. The van der Waals surface area contributed by atoms with Crippen LogP contribution in [0.3, 0.4) is 0 Å². The van der Waals surface area contributed by atoms with E-state index in [1.54, 1.807) is 12.4 Å². The first-order chi connectivity index (χ1) is 9.66. The largest absolute Gasteiger partial charge is 0.354 e. The molecule has 6 nitrogen and oxygen atoms in total. The van der Waals surface area contributed by atoms with Crippen LogP contribution in [0.1, 0.15) is 39.5 Å². The highest BCUT2D eigenvalue weighted by atomic mass is 16.2. The molecule has 1 atom stereocenters. The van der Waals surface area contributed by atoms with Gasteiger partial charge in [-0.05, 0) is 39.7 Å². The van der Waals surface area contributed by atoms with Crippen LogP contribution in [0.5, 0.6) is 0 Å². The van der Waals surface area contributed by atoms with E-state index in [2.05, 4.69) is 34.4 Å². The molecule has 1 aliphatic heterocycles. The van der Waals surface area contributed by atoms with Crippen LogP contribution in [0.4, 0.5) is 0 Å². The van der Waals surface area contributed by atoms with Crippen molar-refractivity contribution in [1.82, 2.24) is 25.2 Å². The molecule has 2 heterocycles. The van der Waals surface area contributed by atoms with Gasteiger partial charge in [0, 0.05) is 24.8 Å². The molecule has 0 unspecified atom stereocenters. The number of nitrogens with zero attached hydrogens (tertiary/aromatic N) is 4. The maximum Gasteiger partial charge on any atom is 0.241 e. The van der Waals surface area contributed by atoms with Gasteiger partial charge < -0.3 is 5.32 Å². The average molecular weight is 279 g/mol. The molecule has 1 saturated heterocycles. The van der Waals surface area contributed by atoms with Crippen LogP contribution in [0.15, 0.2) is 12.4 Å². The molecular weight excluding hydrogens is 254 g/mol. The number of hydrogen-bond acceptors (Lipinski definition) is 4. The predicted molar refractivity (Wildman–Crippen MR) is 77.1 cm³/mol. The summed E-state index contributed by atoms with van der Waals surface area (Å²) in [4.78, 5) is 14.3. The fraction of sp³-hybridized carbons (Fsp3) is 0.786. The van der Waals surface area contributed by atoms with Crippen molar-refractivity contribution < 1.29 is 4.79 Å². The summed E-state index contributed by atoms with van der Waals surface area (Å²) in [5.41, 5.74) is 0. The van der Waals surface area contributed by atoms with E-state index in [-0.39, 0.29) is 12.5 Å². The summed E-state index contributed by atoms with van der Waals surface area (Å²) < 4.78 is 1.54. The monoisotopic (exact) mass is 279 g/mol. The Labute approximate surface area is 120 Å². The third kappa shape index (κ3) is 4.30. The van der Waals surface area contributed by atoms with Gasteiger partial charge in [0.25, 0.3) is 0 Å². The second-order valence-electron chi connectivity index (χ2n) is 5.72. The SMILES string of the molecule is CC(C)N1CCCC[C@H]1CCNC(=O)Cn1ccnn1. The highest BCUT2D eigenvalue weighted by molar-refractivity contribution is 5.75. The van der Waals surface area contributed by atoms with Gasteiger partial charge in [0.05, 0.1) is 6.20 Å². The summed E-state index contributed by atoms with van der Waals surface area (Å²) in [6.45, 7) is 6.68. The fourth-order valence-electron chi connectivity index (χ4n) is 2.91. The van der Waals surface area contributed by atoms with Gasteiger partial charge in [0.1, 0.15) is 6.54 Å². The van der Waals surface area contributed by atoms with Gasteiger partial charge in [-0.3, -0.25) is 9.69 Å². The summed E-state index contributed by atoms with van der Waals surface area (Å²) >= 11 is 0. The normalized spacial score (nSPS) is 20.2. The highest BCUT2D eigenvalue weighted by Gasteiger charge is 2.23. The van der Waals surface area contributed by atoms with Crippen molar-refractivity contribution in [3.63, 3.8) is 0 Å². The van der Waals surface area contributed by atoms with Crippen molar-refractivity contribution in [1.29, 1.82) is 0 Å². The number of piperidine rings is 1. The van der Waals surface area contributed by atoms with Crippen LogP contribution in [0.25, 0.3) is 0 Å². The van der Waals surface area contributed by atoms with Crippen LogP contribution in [-0.2, 0) is 11.3 Å². The second kappa shape index (κ2) is 7.38. The lowest BCUT2D eigenvalue weighted by atomic mass is 9.98. The molecule has 112 valence electrons. The summed E-state index contributed by atoms with van der Waals surface area (Å²) in [5, 5.41) is 10.4. The van der Waals surface area contributed by atoms with Gasteiger partial charge in [0.2, 0.25) is 5.91 Å². The molecule has 0 saturated carbocycles. The smallest absolute Gasteiger partial charge is 0.241 e. The van der Waals surface area contributed by atoms with E-state index < -0.39 is 0 Å². The van der Waals surface area contributed by atoms with Crippen LogP contribution >= 0.6 is 0 Å². The number of nitrogens with one attached hydrogen (secondary N) is 1. The quantitative estimate of drug-likeness (QED) is 0.845. The molecule has 1 fully saturated rings. The molecule has 0 radical (unpaired) electrons. The molecule has 20 heavy (non-hydrogen) atoms. The first-order valence-electron chi connectivity index (χ1n) is 7.53. The Kier molecular flexibility index (Phi) is 5.52. The Balaban J connectivity index is 1.70. The number of likely N-dealkylation sites (tertiary alicyclic amines) is 1. The van der Waals surface area contributed by atoms with Gasteiger partial charge >= 0.3 is 0 Å². The molecular formula is C14H25N5O. The second-order valence-corrected chi connectivity index (χ2v) is 5.72. The average Bonchev–Trinajstić information content (AvgIpc) is 2.92. The maximum atomic E-state index is 11.8. The van der Waals surface area contributed by atoms with Crippen LogP contribution in [0.2, 0.25) is 0 Å². The maximum absolute atomic E-state index is 11.8. The molecule has 1 aromatic heterocycles. The first kappa shape index (κ1) is 15.0. The molecule has 1 N–H and O–H groups in total. The molecule has 1 amide bonds. The van der Waals surface area contributed by atoms with Crippen molar-refractivity contribution in [2.24, 2.45) is 0 Å². The zero-order chi connectivity index (χ0) is 14.4. The minimum Gasteiger partial charge on any atom is -0.354 e. The van der Waals surface area contributed by atoms with E-state index >= 15 is 0 Å². The van der Waals surface area contributed by atoms with Crippen molar-refractivity contribution >= 4 is 5.91 Å². The first-order valence-corrected chi connectivity index (χ1v) is 7.53. The lowest BCUT2D eigenvalue weighted by Gasteiger charge is -2.38. The number of carbonyl (C=O) groups excluding carboxylic acids is 1. The third-order valence-electron chi connectivity index (χ3n) is 3.91. The molecule has 0 spiro atoms. The highest BCUT2D eigenvalue weighted by Crippen LogP contribution is 2.21. The van der Waals surface area contributed by atoms with Crippen molar-refractivity contribution in [2.75, 3.05) is 13.1 Å². The van der Waals surface area contributed by atoms with Gasteiger partial charge in [0.15, 0.2) is 0 Å². The summed E-state index contributed by atoms with van der Waals surface area (Å²) in [6, 6.07) is 1.20. The van der Waals surface area contributed by atoms with E-state index in [0.717, 1.165) is 13.0 Å². The van der Waals surface area contributed by atoms with Gasteiger partial charge in [-0.2, -0.15) is 0 Å². The molecule has 2 rings (SSSR count). The summed E-state index contributed by atoms with van der Waals surface area (Å²) in [7, 11) is 0. The molecule has 1 aliphatic rings. The Morgan fingerprint density at radius 3 is 3.00 bits per heavy atom. The molecule has 0 aliphatic carbocycles. The Morgan fingerprint density at radius 1 is 1.45 bits per heavy atom. The number of hydrogen-bond donors (Lipinski definition) is 1. The fourth-order valence-corrected chi connectivity index (χ4v) is 2.91. The van der Waals surface area contributed by atoms with Gasteiger partial charge in [-0.25, -0.2) is 4.68 Å². The van der Waals surface area contributed by atoms with E-state index in [1.807, 2.05) is 0 Å². The van der Waals surface area contributed by atoms with E-state index in [4.69, 9.17) is 0 Å². The van der Waals surface area contributed by atoms with E-state index in [1.165, 1.54) is 30.5 Å². The number of amides is 1. The van der Waals surface area contributed by atoms with Crippen molar-refractivity contribution in [3.8, 4) is 0 Å². The Morgan fingerprint density at radius 2 is 2.30 bits per heavy atom. The standard InChI is InChI=1S/C14H25N5O/c1-12(2)19-9-4-3-5-13(19)6-7-15-14(20)11-18-10-8-16-17-18/h8,10,12-13H,3-7,9,11H2,1-2H3,(H,15,20)/t13-/m0/s1. The topological polar surface area (TPSA) is 63.1 Å². The lowest BCUT2D eigenvalue weighted by Crippen LogP contribution is -2.45. The minimum absolute atomic E-state index is 0.00223. The van der Waals surface area contributed by atoms with E-state index in [0.29, 0.717) is 12.1 Å². The van der Waals surface area contributed by atoms with E-state index in [9.17, 15) is 4.79 Å². The van der Waals surface area contributed by atoms with Crippen LogP contribution < -0.4 is 5.32 Å². The number of rotatable bonds is 6. The van der Waals surface area contributed by atoms with Crippen LogP contribution in [0, 0.1) is 0 Å². The number of aromatic nitrogens is 3. The van der Waals surface area contributed by atoms with Crippen molar-refractivity contribution in [2.45, 2.75) is 58.2 Å². The minimum atomic E-state index is 0.00223. The summed E-state index contributed by atoms with van der Waals surface area (Å²) in [6.07, 6.45) is 8.16. The molecule has 0 aromatic carbocycles. The van der Waals surface area contributed by atoms with Gasteiger partial charge in [-0.15, -0.1) is 5.10 Å². The zero-order valence-corrected chi connectivity index (χ0v) is 12.5. The van der Waals surface area contributed by atoms with Crippen LogP contribution in [-0.4, -0.2) is 51.0 Å². The molecule has 1 aromatic rings. The third-order valence-corrected chi connectivity index (χ3v) is 3.91. The van der Waals surface area contributed by atoms with Crippen molar-refractivity contribution in [3.05, 3.63) is 12.4 Å². The van der Waals surface area contributed by atoms with Gasteiger partial charge in [-0.1, -0.05) is 11.6 Å². The zero-order valence-electron chi connectivity index (χ0n) is 12.5. The Bertz CT molecular complexity index is 404. The molecule has 6 heteroatoms. The summed E-state index contributed by atoms with van der Waals surface area (Å²) in [5.74, 6) is 0.00223. The molecule has 0 bridgehead atoms. The lowest BCUT2D eigenvalue weighted by molar-refractivity contribution is -0.121. The number of carbonyl (C=O) groups is 1.